The average molecular weight is 304 g/mol. The van der Waals surface area contributed by atoms with Crippen molar-refractivity contribution < 1.29 is 18.9 Å². The highest BCUT2D eigenvalue weighted by atomic mass is 16.6. The predicted molar refractivity (Wildman–Crippen MR) is 86.9 cm³/mol. The zero-order valence-corrected chi connectivity index (χ0v) is 14.2. The minimum atomic E-state index is 0.634. The van der Waals surface area contributed by atoms with E-state index in [2.05, 4.69) is 13.8 Å². The maximum absolute atomic E-state index is 5.49. The van der Waals surface area contributed by atoms with Crippen molar-refractivity contribution in [2.45, 2.75) is 58.8 Å². The van der Waals surface area contributed by atoms with Crippen LogP contribution in [0.2, 0.25) is 0 Å². The van der Waals surface area contributed by atoms with Gasteiger partial charge in [0.15, 0.2) is 0 Å². The van der Waals surface area contributed by atoms with Gasteiger partial charge in [-0.25, -0.2) is 0 Å². The first-order valence-corrected chi connectivity index (χ1v) is 8.72. The van der Waals surface area contributed by atoms with Gasteiger partial charge in [-0.15, -0.1) is 0 Å². The second-order valence-corrected chi connectivity index (χ2v) is 5.22. The Hall–Kier alpha value is -0.160. The highest BCUT2D eigenvalue weighted by Crippen LogP contribution is 1.98. The summed E-state index contributed by atoms with van der Waals surface area (Å²) in [5.74, 6) is 0. The molecule has 0 fully saturated rings. The lowest BCUT2D eigenvalue weighted by molar-refractivity contribution is -0.00245. The molecule has 0 saturated carbocycles. The zero-order chi connectivity index (χ0) is 15.4. The Labute approximate surface area is 131 Å². The van der Waals surface area contributed by atoms with Gasteiger partial charge in [0.05, 0.1) is 39.6 Å². The molecule has 0 spiro atoms. The molecule has 0 bridgehead atoms. The van der Waals surface area contributed by atoms with Crippen LogP contribution in [0.15, 0.2) is 0 Å². The number of hydrogen-bond acceptors (Lipinski definition) is 4. The summed E-state index contributed by atoms with van der Waals surface area (Å²) in [7, 11) is 0. The summed E-state index contributed by atoms with van der Waals surface area (Å²) in [6.45, 7) is 10.1. The Kier molecular flexibility index (Phi) is 19.7. The largest absolute Gasteiger partial charge is 0.379 e. The van der Waals surface area contributed by atoms with E-state index < -0.39 is 0 Å². The maximum atomic E-state index is 5.49. The quantitative estimate of drug-likeness (QED) is 0.361. The van der Waals surface area contributed by atoms with E-state index in [1.165, 1.54) is 32.1 Å². The monoisotopic (exact) mass is 304 g/mol. The molecule has 0 saturated heterocycles. The molecule has 0 radical (unpaired) electrons. The van der Waals surface area contributed by atoms with Gasteiger partial charge in [-0.05, 0) is 12.8 Å². The Morgan fingerprint density at radius 1 is 0.381 bits per heavy atom. The molecule has 0 N–H and O–H groups in total. The van der Waals surface area contributed by atoms with E-state index >= 15 is 0 Å². The number of hydrogen-bond donors (Lipinski definition) is 0. The van der Waals surface area contributed by atoms with Gasteiger partial charge in [0.2, 0.25) is 0 Å². The summed E-state index contributed by atoms with van der Waals surface area (Å²) >= 11 is 0. The van der Waals surface area contributed by atoms with E-state index in [1.54, 1.807) is 0 Å². The SMILES string of the molecule is CCCCCCOCCOCCOCCOCCCCC. The van der Waals surface area contributed by atoms with Crippen LogP contribution in [0, 0.1) is 0 Å². The summed E-state index contributed by atoms with van der Waals surface area (Å²) in [5.41, 5.74) is 0. The van der Waals surface area contributed by atoms with E-state index in [0.717, 1.165) is 26.1 Å². The molecule has 0 aromatic rings. The zero-order valence-electron chi connectivity index (χ0n) is 14.2. The molecule has 0 unspecified atom stereocenters. The molecule has 0 aliphatic rings. The molecular formula is C17H36O4. The van der Waals surface area contributed by atoms with Crippen molar-refractivity contribution in [1.29, 1.82) is 0 Å². The van der Waals surface area contributed by atoms with Crippen LogP contribution in [0.5, 0.6) is 0 Å². The molecule has 128 valence electrons. The van der Waals surface area contributed by atoms with Crippen molar-refractivity contribution in [3.05, 3.63) is 0 Å². The third-order valence-electron chi connectivity index (χ3n) is 3.15. The van der Waals surface area contributed by atoms with Gasteiger partial charge in [-0.1, -0.05) is 46.0 Å². The summed E-state index contributed by atoms with van der Waals surface area (Å²) in [6.07, 6.45) is 8.64. The van der Waals surface area contributed by atoms with Gasteiger partial charge in [0.25, 0.3) is 0 Å². The summed E-state index contributed by atoms with van der Waals surface area (Å²) in [6, 6.07) is 0. The summed E-state index contributed by atoms with van der Waals surface area (Å²) in [4.78, 5) is 0. The number of rotatable bonds is 18. The second-order valence-electron chi connectivity index (χ2n) is 5.22. The lowest BCUT2D eigenvalue weighted by atomic mass is 10.2. The minimum absolute atomic E-state index is 0.634. The Morgan fingerprint density at radius 2 is 0.714 bits per heavy atom. The Morgan fingerprint density at radius 3 is 1.14 bits per heavy atom. The molecule has 0 atom stereocenters. The Bertz CT molecular complexity index is 158. The highest BCUT2D eigenvalue weighted by molar-refractivity contribution is 4.40. The third-order valence-corrected chi connectivity index (χ3v) is 3.15. The van der Waals surface area contributed by atoms with Gasteiger partial charge < -0.3 is 18.9 Å². The first-order valence-electron chi connectivity index (χ1n) is 8.72. The minimum Gasteiger partial charge on any atom is -0.379 e. The topological polar surface area (TPSA) is 36.9 Å². The molecule has 0 aromatic heterocycles. The van der Waals surface area contributed by atoms with Crippen molar-refractivity contribution in [3.63, 3.8) is 0 Å². The molecule has 0 aliphatic heterocycles. The van der Waals surface area contributed by atoms with E-state index in [0.29, 0.717) is 39.6 Å². The first-order chi connectivity index (χ1) is 10.4. The molecule has 0 heterocycles. The fourth-order valence-electron chi connectivity index (χ4n) is 1.85. The van der Waals surface area contributed by atoms with Crippen LogP contribution in [0.3, 0.4) is 0 Å². The van der Waals surface area contributed by atoms with Crippen molar-refractivity contribution in [1.82, 2.24) is 0 Å². The normalized spacial score (nSPS) is 11.1. The molecule has 4 heteroatoms. The first kappa shape index (κ1) is 20.8. The fraction of sp³-hybridized carbons (Fsp3) is 1.00. The van der Waals surface area contributed by atoms with Crippen molar-refractivity contribution in [2.75, 3.05) is 52.9 Å². The summed E-state index contributed by atoms with van der Waals surface area (Å²) < 4.78 is 21.8. The van der Waals surface area contributed by atoms with Crippen LogP contribution < -0.4 is 0 Å². The van der Waals surface area contributed by atoms with E-state index in [9.17, 15) is 0 Å². The smallest absolute Gasteiger partial charge is 0.0701 e. The Balaban J connectivity index is 2.90. The maximum Gasteiger partial charge on any atom is 0.0701 e. The van der Waals surface area contributed by atoms with Gasteiger partial charge in [-0.3, -0.25) is 0 Å². The molecule has 4 nitrogen and oxygen atoms in total. The fourth-order valence-corrected chi connectivity index (χ4v) is 1.85. The van der Waals surface area contributed by atoms with Crippen LogP contribution in [-0.2, 0) is 18.9 Å². The third kappa shape index (κ3) is 19.8. The van der Waals surface area contributed by atoms with E-state index in [1.807, 2.05) is 0 Å². The van der Waals surface area contributed by atoms with Crippen LogP contribution in [0.1, 0.15) is 58.8 Å². The predicted octanol–water partition coefficient (Wildman–Crippen LogP) is 3.82. The van der Waals surface area contributed by atoms with E-state index in [4.69, 9.17) is 18.9 Å². The molecule has 0 amide bonds. The van der Waals surface area contributed by atoms with Crippen LogP contribution in [-0.4, -0.2) is 52.9 Å². The van der Waals surface area contributed by atoms with Crippen molar-refractivity contribution in [2.24, 2.45) is 0 Å². The lowest BCUT2D eigenvalue weighted by Crippen LogP contribution is -2.12. The number of unbranched alkanes of at least 4 members (excludes halogenated alkanes) is 5. The number of ether oxygens (including phenoxy) is 4. The molecule has 0 aliphatic carbocycles. The van der Waals surface area contributed by atoms with Crippen LogP contribution in [0.25, 0.3) is 0 Å². The molecule has 21 heavy (non-hydrogen) atoms. The highest BCUT2D eigenvalue weighted by Gasteiger charge is 1.93. The van der Waals surface area contributed by atoms with Gasteiger partial charge in [-0.2, -0.15) is 0 Å². The average Bonchev–Trinajstić information content (AvgIpc) is 2.50. The van der Waals surface area contributed by atoms with E-state index in [-0.39, 0.29) is 0 Å². The lowest BCUT2D eigenvalue weighted by Gasteiger charge is -2.07. The van der Waals surface area contributed by atoms with Crippen molar-refractivity contribution >= 4 is 0 Å². The van der Waals surface area contributed by atoms with Gasteiger partial charge >= 0.3 is 0 Å². The molecular weight excluding hydrogens is 268 g/mol. The molecule has 0 rings (SSSR count). The van der Waals surface area contributed by atoms with Crippen LogP contribution in [0.4, 0.5) is 0 Å². The standard InChI is InChI=1S/C17H36O4/c1-3-5-7-9-11-19-13-15-21-17-16-20-14-12-18-10-8-6-4-2/h3-17H2,1-2H3. The second kappa shape index (κ2) is 19.8. The van der Waals surface area contributed by atoms with Crippen LogP contribution >= 0.6 is 0 Å². The van der Waals surface area contributed by atoms with Crippen molar-refractivity contribution in [3.8, 4) is 0 Å². The van der Waals surface area contributed by atoms with Gasteiger partial charge in [0.1, 0.15) is 0 Å². The molecule has 0 aromatic carbocycles. The van der Waals surface area contributed by atoms with Gasteiger partial charge in [0, 0.05) is 13.2 Å². The summed E-state index contributed by atoms with van der Waals surface area (Å²) in [5, 5.41) is 0.